The maximum absolute atomic E-state index is 12.7. The molecular weight excluding hydrogens is 394 g/mol. The summed E-state index contributed by atoms with van der Waals surface area (Å²) in [4.78, 5) is 35.2. The molecule has 0 bridgehead atoms. The van der Waals surface area contributed by atoms with Gasteiger partial charge in [-0.1, -0.05) is 0 Å². The van der Waals surface area contributed by atoms with E-state index in [1.807, 2.05) is 30.0 Å². The highest BCUT2D eigenvalue weighted by atomic mass is 16.5. The zero-order chi connectivity index (χ0) is 21.4. The van der Waals surface area contributed by atoms with Crippen molar-refractivity contribution in [3.63, 3.8) is 0 Å². The molecule has 0 N–H and O–H groups in total. The van der Waals surface area contributed by atoms with E-state index in [9.17, 15) is 9.59 Å². The Labute approximate surface area is 180 Å². The first-order valence-corrected chi connectivity index (χ1v) is 10.9. The van der Waals surface area contributed by atoms with Gasteiger partial charge in [0.05, 0.1) is 0 Å². The molecule has 3 aromatic rings. The molecule has 3 heterocycles. The second-order valence-corrected chi connectivity index (χ2v) is 8.34. The van der Waals surface area contributed by atoms with Crippen molar-refractivity contribution in [2.75, 3.05) is 19.7 Å². The summed E-state index contributed by atoms with van der Waals surface area (Å²) in [5, 5.41) is 0.982. The van der Waals surface area contributed by atoms with E-state index in [4.69, 9.17) is 9.15 Å². The fraction of sp³-hybridized carbons (Fsp3) is 0.417. The lowest BCUT2D eigenvalue weighted by Gasteiger charge is -2.31. The van der Waals surface area contributed by atoms with Gasteiger partial charge in [-0.25, -0.2) is 14.8 Å². The third-order valence-corrected chi connectivity index (χ3v) is 6.56. The number of hydrogen-bond acceptors (Lipinski definition) is 6. The van der Waals surface area contributed by atoms with Crippen LogP contribution < -0.4 is 10.4 Å². The van der Waals surface area contributed by atoms with Crippen LogP contribution in [0.3, 0.4) is 0 Å². The number of fused-ring (bicyclic) bond motifs is 3. The quantitative estimate of drug-likeness (QED) is 0.604. The molecular formula is C24H25N3O4. The molecule has 0 radical (unpaired) electrons. The van der Waals surface area contributed by atoms with Crippen molar-refractivity contribution in [1.82, 2.24) is 14.9 Å². The fourth-order valence-corrected chi connectivity index (χ4v) is 4.82. The molecule has 31 heavy (non-hydrogen) atoms. The van der Waals surface area contributed by atoms with E-state index in [0.717, 1.165) is 59.9 Å². The van der Waals surface area contributed by atoms with E-state index >= 15 is 0 Å². The molecule has 7 nitrogen and oxygen atoms in total. The zero-order valence-corrected chi connectivity index (χ0v) is 17.6. The van der Waals surface area contributed by atoms with Crippen LogP contribution >= 0.6 is 0 Å². The van der Waals surface area contributed by atoms with Gasteiger partial charge in [0, 0.05) is 47.4 Å². The van der Waals surface area contributed by atoms with Crippen LogP contribution in [-0.2, 0) is 17.6 Å². The van der Waals surface area contributed by atoms with E-state index < -0.39 is 0 Å². The minimum Gasteiger partial charge on any atom is -0.483 e. The number of carbonyl (C=O) groups excluding carboxylic acids is 1. The molecule has 0 spiro atoms. The molecule has 2 aliphatic rings. The Kier molecular flexibility index (Phi) is 5.18. The number of carbonyl (C=O) groups is 1. The normalized spacial score (nSPS) is 16.5. The van der Waals surface area contributed by atoms with Crippen LogP contribution in [0.2, 0.25) is 0 Å². The van der Waals surface area contributed by atoms with Crippen molar-refractivity contribution in [3.8, 4) is 5.75 Å². The van der Waals surface area contributed by atoms with Gasteiger partial charge in [-0.3, -0.25) is 4.79 Å². The lowest BCUT2D eigenvalue weighted by Crippen LogP contribution is -2.40. The third-order valence-electron chi connectivity index (χ3n) is 6.56. The van der Waals surface area contributed by atoms with Gasteiger partial charge >= 0.3 is 5.63 Å². The molecule has 1 aliphatic carbocycles. The van der Waals surface area contributed by atoms with Crippen LogP contribution in [0.4, 0.5) is 0 Å². The first-order valence-electron chi connectivity index (χ1n) is 10.9. The van der Waals surface area contributed by atoms with Gasteiger partial charge in [-0.2, -0.15) is 0 Å². The van der Waals surface area contributed by atoms with Crippen molar-refractivity contribution in [2.24, 2.45) is 0 Å². The van der Waals surface area contributed by atoms with Gasteiger partial charge in [-0.05, 0) is 62.8 Å². The number of likely N-dealkylation sites (tertiary alicyclic amines) is 1. The molecule has 160 valence electrons. The van der Waals surface area contributed by atoms with E-state index in [0.29, 0.717) is 30.3 Å². The minimum atomic E-state index is -0.247. The van der Waals surface area contributed by atoms with E-state index in [-0.39, 0.29) is 18.1 Å². The van der Waals surface area contributed by atoms with Gasteiger partial charge < -0.3 is 14.1 Å². The Balaban J connectivity index is 1.25. The van der Waals surface area contributed by atoms with Gasteiger partial charge in [0.15, 0.2) is 6.61 Å². The second-order valence-electron chi connectivity index (χ2n) is 8.34. The van der Waals surface area contributed by atoms with Crippen LogP contribution in [0.5, 0.6) is 5.75 Å². The predicted octanol–water partition coefficient (Wildman–Crippen LogP) is 3.17. The highest BCUT2D eigenvalue weighted by molar-refractivity contribution is 5.86. The SMILES string of the molecule is Cc1c(OCC(=O)N2CCC(c3ccncn3)CC2)ccc2c3c(c(=O)oc12)CCC3. The number of rotatable bonds is 4. The Morgan fingerprint density at radius 1 is 1.19 bits per heavy atom. The molecule has 1 saturated heterocycles. The lowest BCUT2D eigenvalue weighted by molar-refractivity contribution is -0.134. The summed E-state index contributed by atoms with van der Waals surface area (Å²) in [6.45, 7) is 3.22. The molecule has 0 unspecified atom stereocenters. The predicted molar refractivity (Wildman–Crippen MR) is 115 cm³/mol. The average Bonchev–Trinajstić information content (AvgIpc) is 3.31. The number of benzene rings is 1. The third kappa shape index (κ3) is 3.69. The minimum absolute atomic E-state index is 0.0281. The van der Waals surface area contributed by atoms with Crippen molar-refractivity contribution < 1.29 is 13.9 Å². The average molecular weight is 419 g/mol. The first kappa shape index (κ1) is 19.7. The van der Waals surface area contributed by atoms with Crippen LogP contribution in [0.15, 0.2) is 39.9 Å². The summed E-state index contributed by atoms with van der Waals surface area (Å²) in [5.41, 5.74) is 4.03. The van der Waals surface area contributed by atoms with Gasteiger partial charge in [0.25, 0.3) is 5.91 Å². The molecule has 5 rings (SSSR count). The number of aryl methyl sites for hydroxylation is 2. The monoisotopic (exact) mass is 419 g/mol. The first-order chi connectivity index (χ1) is 15.1. The maximum atomic E-state index is 12.7. The lowest BCUT2D eigenvalue weighted by atomic mass is 9.93. The smallest absolute Gasteiger partial charge is 0.339 e. The summed E-state index contributed by atoms with van der Waals surface area (Å²) < 4.78 is 11.5. The van der Waals surface area contributed by atoms with Gasteiger partial charge in [-0.15, -0.1) is 0 Å². The highest BCUT2D eigenvalue weighted by Crippen LogP contribution is 2.33. The van der Waals surface area contributed by atoms with Crippen LogP contribution in [0.25, 0.3) is 11.0 Å². The molecule has 1 fully saturated rings. The zero-order valence-electron chi connectivity index (χ0n) is 17.6. The van der Waals surface area contributed by atoms with Crippen LogP contribution in [0, 0.1) is 6.92 Å². The van der Waals surface area contributed by atoms with Crippen LogP contribution in [0.1, 0.15) is 47.6 Å². The maximum Gasteiger partial charge on any atom is 0.339 e. The van der Waals surface area contributed by atoms with Gasteiger partial charge in [0.2, 0.25) is 0 Å². The summed E-state index contributed by atoms with van der Waals surface area (Å²) in [7, 11) is 0. The Morgan fingerprint density at radius 2 is 2.00 bits per heavy atom. The molecule has 1 amide bonds. The van der Waals surface area contributed by atoms with E-state index in [2.05, 4.69) is 9.97 Å². The largest absolute Gasteiger partial charge is 0.483 e. The van der Waals surface area contributed by atoms with Crippen LogP contribution in [-0.4, -0.2) is 40.5 Å². The molecule has 0 atom stereocenters. The van der Waals surface area contributed by atoms with Crippen molar-refractivity contribution in [2.45, 2.75) is 44.9 Å². The molecule has 0 saturated carbocycles. The van der Waals surface area contributed by atoms with Gasteiger partial charge in [0.1, 0.15) is 17.7 Å². The Hall–Kier alpha value is -3.22. The number of piperidine rings is 1. The van der Waals surface area contributed by atoms with E-state index in [1.54, 1.807) is 12.5 Å². The number of nitrogens with zero attached hydrogens (tertiary/aromatic N) is 3. The molecule has 1 aliphatic heterocycles. The van der Waals surface area contributed by atoms with Crippen molar-refractivity contribution >= 4 is 16.9 Å². The molecule has 1 aromatic carbocycles. The molecule has 2 aromatic heterocycles. The summed E-state index contributed by atoms with van der Waals surface area (Å²) >= 11 is 0. The number of amides is 1. The Morgan fingerprint density at radius 3 is 2.77 bits per heavy atom. The van der Waals surface area contributed by atoms with Crippen molar-refractivity contribution in [3.05, 3.63) is 63.5 Å². The second kappa shape index (κ2) is 8.13. The Bertz CT molecular complexity index is 1180. The van der Waals surface area contributed by atoms with Crippen molar-refractivity contribution in [1.29, 1.82) is 0 Å². The number of ether oxygens (including phenoxy) is 1. The molecule has 7 heteroatoms. The van der Waals surface area contributed by atoms with E-state index in [1.165, 1.54) is 0 Å². The highest BCUT2D eigenvalue weighted by Gasteiger charge is 2.25. The summed E-state index contributed by atoms with van der Waals surface area (Å²) in [5.74, 6) is 0.911. The summed E-state index contributed by atoms with van der Waals surface area (Å²) in [6, 6.07) is 5.77. The fourth-order valence-electron chi connectivity index (χ4n) is 4.82. The number of hydrogen-bond donors (Lipinski definition) is 0. The number of aromatic nitrogens is 2. The topological polar surface area (TPSA) is 85.5 Å². The summed E-state index contributed by atoms with van der Waals surface area (Å²) in [6.07, 6.45) is 7.77. The standard InChI is InChI=1S/C24H25N3O4/c1-15-21(6-5-18-17-3-2-4-19(17)24(29)31-23(15)18)30-13-22(28)27-11-8-16(9-12-27)20-7-10-25-14-26-20/h5-7,10,14,16H,2-4,8-9,11-13H2,1H3.